The monoisotopic (exact) mass is 393 g/mol. The number of aliphatic carboxylic acids is 1. The second kappa shape index (κ2) is 7.21. The Kier molecular flexibility index (Phi) is 4.57. The molecular formula is C20H16FN5O3. The largest absolute Gasteiger partial charge is 0.476 e. The zero-order valence-corrected chi connectivity index (χ0v) is 15.0. The summed E-state index contributed by atoms with van der Waals surface area (Å²) in [5.41, 5.74) is 13.7. The fraction of sp³-hybridized carbons (Fsp3) is 0.0500. The van der Waals surface area contributed by atoms with Gasteiger partial charge in [0.1, 0.15) is 11.5 Å². The number of primary amides is 1. The lowest BCUT2D eigenvalue weighted by Gasteiger charge is -2.16. The van der Waals surface area contributed by atoms with Crippen molar-refractivity contribution < 1.29 is 19.1 Å². The van der Waals surface area contributed by atoms with Crippen LogP contribution in [0.25, 0.3) is 22.0 Å². The van der Waals surface area contributed by atoms with Gasteiger partial charge >= 0.3 is 5.97 Å². The molecule has 1 aliphatic heterocycles. The van der Waals surface area contributed by atoms with Gasteiger partial charge in [0.05, 0.1) is 18.3 Å². The van der Waals surface area contributed by atoms with Crippen LogP contribution in [0.1, 0.15) is 16.1 Å². The van der Waals surface area contributed by atoms with E-state index in [0.29, 0.717) is 17.6 Å². The molecule has 146 valence electrons. The van der Waals surface area contributed by atoms with Gasteiger partial charge in [-0.1, -0.05) is 24.3 Å². The van der Waals surface area contributed by atoms with Crippen LogP contribution in [-0.2, 0) is 11.3 Å². The first-order valence-corrected chi connectivity index (χ1v) is 8.63. The third kappa shape index (κ3) is 3.71. The fourth-order valence-corrected chi connectivity index (χ4v) is 3.11. The van der Waals surface area contributed by atoms with Crippen LogP contribution >= 0.6 is 0 Å². The van der Waals surface area contributed by atoms with Crippen molar-refractivity contribution in [3.05, 3.63) is 77.5 Å². The molecule has 0 bridgehead atoms. The molecule has 0 unspecified atom stereocenters. The summed E-state index contributed by atoms with van der Waals surface area (Å²) in [5, 5.41) is 11.4. The average Bonchev–Trinajstić information content (AvgIpc) is 3.16. The number of nitrogens with one attached hydrogen (secondary N) is 2. The highest BCUT2D eigenvalue weighted by Gasteiger charge is 2.17. The summed E-state index contributed by atoms with van der Waals surface area (Å²) < 4.78 is 13.3. The Hall–Kier alpha value is -3.98. The van der Waals surface area contributed by atoms with Gasteiger partial charge in [-0.2, -0.15) is 0 Å². The normalized spacial score (nSPS) is 13.3. The molecule has 9 heteroatoms. The summed E-state index contributed by atoms with van der Waals surface area (Å²) in [6.45, 7) is 0.355. The minimum atomic E-state index is -1.07. The number of halogens is 1. The Morgan fingerprint density at radius 1 is 1.14 bits per heavy atom. The molecule has 2 aromatic carbocycles. The van der Waals surface area contributed by atoms with Crippen molar-refractivity contribution in [3.8, 4) is 11.1 Å². The maximum atomic E-state index is 13.3. The number of carboxylic acid groups (broad SMARTS) is 1. The van der Waals surface area contributed by atoms with E-state index in [1.54, 1.807) is 29.3 Å². The molecule has 1 aromatic heterocycles. The van der Waals surface area contributed by atoms with E-state index in [1.165, 1.54) is 18.3 Å². The van der Waals surface area contributed by atoms with Crippen molar-refractivity contribution in [2.75, 3.05) is 0 Å². The highest BCUT2D eigenvalue weighted by Crippen LogP contribution is 2.30. The number of nitrogens with two attached hydrogens (primary N) is 1. The topological polar surface area (TPSA) is 121 Å². The van der Waals surface area contributed by atoms with Gasteiger partial charge < -0.3 is 10.8 Å². The predicted molar refractivity (Wildman–Crippen MR) is 103 cm³/mol. The number of hydrazine groups is 2. The summed E-state index contributed by atoms with van der Waals surface area (Å²) in [6.07, 6.45) is 1.43. The van der Waals surface area contributed by atoms with Gasteiger partial charge in [-0.25, -0.2) is 14.2 Å². The van der Waals surface area contributed by atoms with Crippen LogP contribution in [0.15, 0.2) is 60.4 Å². The molecule has 0 aliphatic carbocycles. The molecule has 0 atom stereocenters. The van der Waals surface area contributed by atoms with Gasteiger partial charge in [0.15, 0.2) is 5.70 Å². The average molecular weight is 393 g/mol. The van der Waals surface area contributed by atoms with Crippen LogP contribution in [-0.4, -0.2) is 27.0 Å². The number of aromatic nitrogens is 1. The quantitative estimate of drug-likeness (QED) is 0.522. The van der Waals surface area contributed by atoms with E-state index in [1.807, 2.05) is 12.1 Å². The molecule has 0 saturated heterocycles. The minimum Gasteiger partial charge on any atom is -0.476 e. The molecule has 0 saturated carbocycles. The second-order valence-electron chi connectivity index (χ2n) is 6.49. The molecule has 4 rings (SSSR count). The smallest absolute Gasteiger partial charge is 0.354 e. The first-order valence-electron chi connectivity index (χ1n) is 8.63. The molecular weight excluding hydrogens is 377 g/mol. The number of nitrogens with zero attached hydrogens (tertiary/aromatic N) is 2. The van der Waals surface area contributed by atoms with Crippen molar-refractivity contribution in [2.45, 2.75) is 6.54 Å². The molecule has 3 aromatic rings. The van der Waals surface area contributed by atoms with E-state index in [4.69, 9.17) is 10.8 Å². The van der Waals surface area contributed by atoms with Crippen molar-refractivity contribution in [1.82, 2.24) is 21.0 Å². The van der Waals surface area contributed by atoms with Crippen molar-refractivity contribution in [3.63, 3.8) is 0 Å². The SMILES string of the molecule is NC(=O)c1cc(-c2ccc(F)cc2)c2ccc(CN3C=C(C(=O)O)NN3)cc2n1. The molecule has 1 aliphatic rings. The lowest BCUT2D eigenvalue weighted by atomic mass is 9.98. The number of hydrogen-bond donors (Lipinski definition) is 4. The number of carbonyl (C=O) groups excluding carboxylic acids is 1. The molecule has 0 fully saturated rings. The number of carboxylic acids is 1. The van der Waals surface area contributed by atoms with Crippen LogP contribution in [0.4, 0.5) is 4.39 Å². The molecule has 1 amide bonds. The Morgan fingerprint density at radius 2 is 1.90 bits per heavy atom. The first kappa shape index (κ1) is 18.4. The van der Waals surface area contributed by atoms with E-state index in [9.17, 15) is 14.0 Å². The van der Waals surface area contributed by atoms with Gasteiger partial charge in [-0.05, 0) is 41.0 Å². The van der Waals surface area contributed by atoms with Gasteiger partial charge in [0.25, 0.3) is 5.91 Å². The summed E-state index contributed by atoms with van der Waals surface area (Å²) in [7, 11) is 0. The van der Waals surface area contributed by atoms with Crippen molar-refractivity contribution in [2.24, 2.45) is 5.73 Å². The Balaban J connectivity index is 1.75. The standard InChI is InChI=1S/C20H16FN5O3/c21-13-4-2-12(3-5-13)15-8-17(19(22)27)23-16-7-11(1-6-14(15)16)9-26-10-18(20(28)29)24-25-26/h1-8,10,24-25H,9H2,(H2,22,27)(H,28,29). The molecule has 0 radical (unpaired) electrons. The molecule has 2 heterocycles. The summed E-state index contributed by atoms with van der Waals surface area (Å²) >= 11 is 0. The number of pyridine rings is 1. The summed E-state index contributed by atoms with van der Waals surface area (Å²) in [6, 6.07) is 13.1. The van der Waals surface area contributed by atoms with Gasteiger partial charge in [-0.15, -0.1) is 5.53 Å². The predicted octanol–water partition coefficient (Wildman–Crippen LogP) is 1.89. The number of rotatable bonds is 5. The Labute approximate surface area is 164 Å². The lowest BCUT2D eigenvalue weighted by molar-refractivity contribution is -0.133. The number of fused-ring (bicyclic) bond motifs is 1. The molecule has 29 heavy (non-hydrogen) atoms. The number of hydrogen-bond acceptors (Lipinski definition) is 6. The zero-order chi connectivity index (χ0) is 20.5. The third-order valence-corrected chi connectivity index (χ3v) is 4.48. The number of carbonyl (C=O) groups is 2. The summed E-state index contributed by atoms with van der Waals surface area (Å²) in [5.74, 6) is -2.10. The van der Waals surface area contributed by atoms with Crippen molar-refractivity contribution >= 4 is 22.8 Å². The van der Waals surface area contributed by atoms with Crippen LogP contribution in [0.3, 0.4) is 0 Å². The van der Waals surface area contributed by atoms with E-state index in [2.05, 4.69) is 15.9 Å². The minimum absolute atomic E-state index is 0.0264. The Bertz CT molecular complexity index is 1160. The van der Waals surface area contributed by atoms with Crippen LogP contribution in [0, 0.1) is 5.82 Å². The van der Waals surface area contributed by atoms with Gasteiger partial charge in [0.2, 0.25) is 0 Å². The zero-order valence-electron chi connectivity index (χ0n) is 15.0. The number of benzene rings is 2. The third-order valence-electron chi connectivity index (χ3n) is 4.48. The van der Waals surface area contributed by atoms with E-state index in [0.717, 1.165) is 16.5 Å². The van der Waals surface area contributed by atoms with Gasteiger partial charge in [-0.3, -0.25) is 15.2 Å². The van der Waals surface area contributed by atoms with Gasteiger partial charge in [0, 0.05) is 5.39 Å². The first-order chi connectivity index (χ1) is 13.9. The number of amides is 1. The molecule has 0 spiro atoms. The van der Waals surface area contributed by atoms with E-state index >= 15 is 0 Å². The Morgan fingerprint density at radius 3 is 2.55 bits per heavy atom. The van der Waals surface area contributed by atoms with E-state index in [-0.39, 0.29) is 17.2 Å². The highest BCUT2D eigenvalue weighted by atomic mass is 19.1. The molecule has 8 nitrogen and oxygen atoms in total. The van der Waals surface area contributed by atoms with Crippen LogP contribution < -0.4 is 16.7 Å². The van der Waals surface area contributed by atoms with Crippen molar-refractivity contribution in [1.29, 1.82) is 0 Å². The second-order valence-corrected chi connectivity index (χ2v) is 6.49. The summed E-state index contributed by atoms with van der Waals surface area (Å²) in [4.78, 5) is 27.1. The van der Waals surface area contributed by atoms with Crippen LogP contribution in [0.5, 0.6) is 0 Å². The lowest BCUT2D eigenvalue weighted by Crippen LogP contribution is -2.36. The highest BCUT2D eigenvalue weighted by molar-refractivity contribution is 6.00. The fourth-order valence-electron chi connectivity index (χ4n) is 3.11. The molecule has 5 N–H and O–H groups in total. The maximum absolute atomic E-state index is 13.3. The van der Waals surface area contributed by atoms with Crippen LogP contribution in [0.2, 0.25) is 0 Å². The maximum Gasteiger partial charge on any atom is 0.354 e. The van der Waals surface area contributed by atoms with E-state index < -0.39 is 11.9 Å².